The number of hydrogen-bond acceptors (Lipinski definition) is 3. The van der Waals surface area contributed by atoms with Crippen molar-refractivity contribution in [1.29, 1.82) is 5.26 Å². The minimum Gasteiger partial charge on any atom is -0.317 e. The van der Waals surface area contributed by atoms with Crippen molar-refractivity contribution in [3.05, 3.63) is 29.8 Å². The normalized spacial score (nSPS) is 23.1. The van der Waals surface area contributed by atoms with Crippen molar-refractivity contribution in [3.63, 3.8) is 0 Å². The van der Waals surface area contributed by atoms with Crippen LogP contribution in [-0.4, -0.2) is 26.0 Å². The number of carbonyl (C=O) groups is 1. The van der Waals surface area contributed by atoms with Gasteiger partial charge in [-0.1, -0.05) is 6.07 Å². The van der Waals surface area contributed by atoms with Gasteiger partial charge in [0.25, 0.3) is 0 Å². The highest BCUT2D eigenvalue weighted by Crippen LogP contribution is 2.59. The van der Waals surface area contributed by atoms with Crippen molar-refractivity contribution in [2.75, 3.05) is 25.0 Å². The minimum atomic E-state index is 0.167. The average molecular weight is 269 g/mol. The molecule has 1 saturated carbocycles. The number of hydrogen-bond donors (Lipinski definition) is 1. The monoisotopic (exact) mass is 269 g/mol. The standard InChI is InChI=1S/C16H19N3O/c1-19(13-4-2-3-12(9-13)11-17)15(20)14-10-16(14)5-7-18-8-6-16/h2-4,9,14,18H,5-8,10H2,1H3. The number of nitrogens with zero attached hydrogens (tertiary/aromatic N) is 2. The number of piperidine rings is 1. The van der Waals surface area contributed by atoms with Crippen LogP contribution < -0.4 is 10.2 Å². The Morgan fingerprint density at radius 2 is 2.20 bits per heavy atom. The van der Waals surface area contributed by atoms with Gasteiger partial charge in [0, 0.05) is 18.7 Å². The summed E-state index contributed by atoms with van der Waals surface area (Å²) >= 11 is 0. The van der Waals surface area contributed by atoms with Crippen LogP contribution in [0.4, 0.5) is 5.69 Å². The van der Waals surface area contributed by atoms with Crippen molar-refractivity contribution in [2.45, 2.75) is 19.3 Å². The lowest BCUT2D eigenvalue weighted by Gasteiger charge is -2.25. The van der Waals surface area contributed by atoms with Gasteiger partial charge in [-0.25, -0.2) is 0 Å². The molecule has 1 aromatic rings. The molecule has 1 spiro atoms. The first-order chi connectivity index (χ1) is 9.66. The lowest BCUT2D eigenvalue weighted by atomic mass is 9.91. The Labute approximate surface area is 119 Å². The van der Waals surface area contributed by atoms with E-state index in [1.165, 1.54) is 0 Å². The Morgan fingerprint density at radius 3 is 2.90 bits per heavy atom. The quantitative estimate of drug-likeness (QED) is 0.892. The number of amides is 1. The Balaban J connectivity index is 1.73. The molecule has 4 nitrogen and oxygen atoms in total. The summed E-state index contributed by atoms with van der Waals surface area (Å²) in [6.07, 6.45) is 3.24. The maximum absolute atomic E-state index is 12.6. The smallest absolute Gasteiger partial charge is 0.230 e. The molecule has 3 rings (SSSR count). The molecule has 1 saturated heterocycles. The molecular formula is C16H19N3O. The van der Waals surface area contributed by atoms with E-state index in [2.05, 4.69) is 11.4 Å². The van der Waals surface area contributed by atoms with Crippen LogP contribution in [0.3, 0.4) is 0 Å². The number of anilines is 1. The fourth-order valence-corrected chi connectivity index (χ4v) is 3.32. The van der Waals surface area contributed by atoms with Gasteiger partial charge in [0.2, 0.25) is 5.91 Å². The van der Waals surface area contributed by atoms with Crippen molar-refractivity contribution in [3.8, 4) is 6.07 Å². The molecule has 2 fully saturated rings. The van der Waals surface area contributed by atoms with Crippen molar-refractivity contribution < 1.29 is 4.79 Å². The van der Waals surface area contributed by atoms with E-state index < -0.39 is 0 Å². The number of rotatable bonds is 2. The molecule has 1 N–H and O–H groups in total. The highest BCUT2D eigenvalue weighted by Gasteiger charge is 2.58. The molecule has 4 heteroatoms. The second-order valence-corrected chi connectivity index (χ2v) is 5.93. The Hall–Kier alpha value is -1.86. The molecule has 1 amide bonds. The molecule has 20 heavy (non-hydrogen) atoms. The predicted molar refractivity (Wildman–Crippen MR) is 77.2 cm³/mol. The second-order valence-electron chi connectivity index (χ2n) is 5.93. The average Bonchev–Trinajstić information content (AvgIpc) is 3.19. The van der Waals surface area contributed by atoms with Crippen molar-refractivity contribution in [1.82, 2.24) is 5.32 Å². The van der Waals surface area contributed by atoms with E-state index in [0.29, 0.717) is 5.56 Å². The largest absolute Gasteiger partial charge is 0.317 e. The molecule has 1 unspecified atom stereocenters. The summed E-state index contributed by atoms with van der Waals surface area (Å²) in [5, 5.41) is 12.3. The summed E-state index contributed by atoms with van der Waals surface area (Å²) in [4.78, 5) is 14.3. The molecule has 0 aromatic heterocycles. The summed E-state index contributed by atoms with van der Waals surface area (Å²) < 4.78 is 0. The molecule has 1 aliphatic carbocycles. The summed E-state index contributed by atoms with van der Waals surface area (Å²) in [6, 6.07) is 9.36. The van der Waals surface area contributed by atoms with Gasteiger partial charge in [-0.05, 0) is 56.0 Å². The lowest BCUT2D eigenvalue weighted by molar-refractivity contribution is -0.120. The van der Waals surface area contributed by atoms with Gasteiger partial charge in [-0.3, -0.25) is 4.79 Å². The zero-order valence-corrected chi connectivity index (χ0v) is 11.7. The number of nitrogens with one attached hydrogen (secondary N) is 1. The second kappa shape index (κ2) is 4.92. The van der Waals surface area contributed by atoms with Crippen LogP contribution in [-0.2, 0) is 4.79 Å². The van der Waals surface area contributed by atoms with E-state index in [4.69, 9.17) is 5.26 Å². The van der Waals surface area contributed by atoms with Gasteiger partial charge < -0.3 is 10.2 Å². The molecular weight excluding hydrogens is 250 g/mol. The highest BCUT2D eigenvalue weighted by atomic mass is 16.2. The van der Waals surface area contributed by atoms with Crippen LogP contribution in [0, 0.1) is 22.7 Å². The molecule has 104 valence electrons. The Morgan fingerprint density at radius 1 is 1.45 bits per heavy atom. The zero-order valence-electron chi connectivity index (χ0n) is 11.7. The fraction of sp³-hybridized carbons (Fsp3) is 0.500. The predicted octanol–water partition coefficient (Wildman–Crippen LogP) is 1.91. The third kappa shape index (κ3) is 2.19. The van der Waals surface area contributed by atoms with Gasteiger partial charge in [0.15, 0.2) is 0 Å². The number of carbonyl (C=O) groups excluding carboxylic acids is 1. The van der Waals surface area contributed by atoms with E-state index in [1.54, 1.807) is 17.0 Å². The van der Waals surface area contributed by atoms with E-state index in [1.807, 2.05) is 19.2 Å². The van der Waals surface area contributed by atoms with Crippen LogP contribution in [0.15, 0.2) is 24.3 Å². The Kier molecular flexibility index (Phi) is 3.23. The third-order valence-corrected chi connectivity index (χ3v) is 4.78. The first-order valence-electron chi connectivity index (χ1n) is 7.15. The fourth-order valence-electron chi connectivity index (χ4n) is 3.32. The molecule has 1 aliphatic heterocycles. The molecule has 1 heterocycles. The van der Waals surface area contributed by atoms with Gasteiger partial charge in [-0.2, -0.15) is 5.26 Å². The summed E-state index contributed by atoms with van der Waals surface area (Å²) in [5.41, 5.74) is 1.66. The van der Waals surface area contributed by atoms with Gasteiger partial charge in [0.05, 0.1) is 11.6 Å². The summed E-state index contributed by atoms with van der Waals surface area (Å²) in [7, 11) is 1.81. The first-order valence-corrected chi connectivity index (χ1v) is 7.15. The molecule has 0 radical (unpaired) electrons. The SMILES string of the molecule is CN(C(=O)C1CC12CCNCC2)c1cccc(C#N)c1. The molecule has 1 atom stereocenters. The highest BCUT2D eigenvalue weighted by molar-refractivity contribution is 5.97. The summed E-state index contributed by atoms with van der Waals surface area (Å²) in [5.74, 6) is 0.363. The number of nitriles is 1. The van der Waals surface area contributed by atoms with E-state index >= 15 is 0 Å². The van der Waals surface area contributed by atoms with Gasteiger partial charge in [0.1, 0.15) is 0 Å². The minimum absolute atomic E-state index is 0.167. The zero-order chi connectivity index (χ0) is 14.2. The van der Waals surface area contributed by atoms with E-state index in [9.17, 15) is 4.79 Å². The van der Waals surface area contributed by atoms with Crippen molar-refractivity contribution >= 4 is 11.6 Å². The van der Waals surface area contributed by atoms with Crippen molar-refractivity contribution in [2.24, 2.45) is 11.3 Å². The topological polar surface area (TPSA) is 56.1 Å². The maximum Gasteiger partial charge on any atom is 0.230 e. The van der Waals surface area contributed by atoms with Gasteiger partial charge >= 0.3 is 0 Å². The van der Waals surface area contributed by atoms with Crippen LogP contribution in [0.1, 0.15) is 24.8 Å². The van der Waals surface area contributed by atoms with Crippen LogP contribution in [0.2, 0.25) is 0 Å². The lowest BCUT2D eigenvalue weighted by Crippen LogP contribution is -2.34. The van der Waals surface area contributed by atoms with Crippen LogP contribution >= 0.6 is 0 Å². The first kappa shape index (κ1) is 13.1. The summed E-state index contributed by atoms with van der Waals surface area (Å²) in [6.45, 7) is 2.05. The molecule has 1 aromatic carbocycles. The third-order valence-electron chi connectivity index (χ3n) is 4.78. The molecule has 0 bridgehead atoms. The molecule has 2 aliphatic rings. The Bertz CT molecular complexity index is 569. The number of benzene rings is 1. The maximum atomic E-state index is 12.6. The van der Waals surface area contributed by atoms with Crippen LogP contribution in [0.25, 0.3) is 0 Å². The van der Waals surface area contributed by atoms with Gasteiger partial charge in [-0.15, -0.1) is 0 Å². The van der Waals surface area contributed by atoms with Crippen LogP contribution in [0.5, 0.6) is 0 Å². The van der Waals surface area contributed by atoms with E-state index in [-0.39, 0.29) is 17.2 Å². The van der Waals surface area contributed by atoms with E-state index in [0.717, 1.165) is 38.0 Å².